The van der Waals surface area contributed by atoms with E-state index < -0.39 is 0 Å². The predicted molar refractivity (Wildman–Crippen MR) is 136 cm³/mol. The summed E-state index contributed by atoms with van der Waals surface area (Å²) >= 11 is 2.00. The van der Waals surface area contributed by atoms with Crippen molar-refractivity contribution in [2.24, 2.45) is 7.05 Å². The maximum absolute atomic E-state index is 12.6. The number of benzene rings is 2. The summed E-state index contributed by atoms with van der Waals surface area (Å²) in [6, 6.07) is 15.7. The SMILES string of the molecule is CC(C)c1ccc2c(c1)c(NC1CCN(Cc3ccc4c(c3)SCC4)CC1)cc(=O)n2C. The van der Waals surface area contributed by atoms with Crippen molar-refractivity contribution in [2.45, 2.75) is 56.5 Å². The van der Waals surface area contributed by atoms with E-state index in [9.17, 15) is 4.79 Å². The molecular formula is C27H33N3OS. The van der Waals surface area contributed by atoms with E-state index >= 15 is 0 Å². The summed E-state index contributed by atoms with van der Waals surface area (Å²) in [7, 11) is 1.86. The second-order valence-corrected chi connectivity index (χ2v) is 10.8. The van der Waals surface area contributed by atoms with E-state index in [2.05, 4.69) is 60.5 Å². The molecule has 0 aliphatic carbocycles. The molecule has 1 N–H and O–H groups in total. The summed E-state index contributed by atoms with van der Waals surface area (Å²) in [6.07, 6.45) is 3.41. The molecule has 0 radical (unpaired) electrons. The molecule has 32 heavy (non-hydrogen) atoms. The summed E-state index contributed by atoms with van der Waals surface area (Å²) in [5.41, 5.74) is 6.29. The normalized spacial score (nSPS) is 17.2. The van der Waals surface area contributed by atoms with Crippen LogP contribution in [-0.2, 0) is 20.0 Å². The molecule has 0 amide bonds. The highest BCUT2D eigenvalue weighted by molar-refractivity contribution is 7.99. The van der Waals surface area contributed by atoms with Gasteiger partial charge in [-0.2, -0.15) is 0 Å². The van der Waals surface area contributed by atoms with Crippen LogP contribution in [0.3, 0.4) is 0 Å². The van der Waals surface area contributed by atoms with Gasteiger partial charge in [0.1, 0.15) is 0 Å². The zero-order valence-electron chi connectivity index (χ0n) is 19.4. The van der Waals surface area contributed by atoms with Gasteiger partial charge in [0, 0.05) is 60.5 Å². The van der Waals surface area contributed by atoms with Crippen LogP contribution in [0, 0.1) is 0 Å². The van der Waals surface area contributed by atoms with Gasteiger partial charge in [0.15, 0.2) is 0 Å². The first kappa shape index (κ1) is 21.6. The smallest absolute Gasteiger partial charge is 0.252 e. The van der Waals surface area contributed by atoms with Gasteiger partial charge in [0.05, 0.1) is 5.52 Å². The van der Waals surface area contributed by atoms with Crippen LogP contribution in [0.15, 0.2) is 52.2 Å². The number of thioether (sulfide) groups is 1. The molecule has 1 aromatic heterocycles. The lowest BCUT2D eigenvalue weighted by molar-refractivity contribution is 0.211. The molecule has 2 aliphatic heterocycles. The van der Waals surface area contributed by atoms with E-state index in [0.717, 1.165) is 49.1 Å². The third-order valence-corrected chi connectivity index (χ3v) is 8.15. The third kappa shape index (κ3) is 4.33. The van der Waals surface area contributed by atoms with Crippen LogP contribution in [0.25, 0.3) is 10.9 Å². The van der Waals surface area contributed by atoms with Crippen LogP contribution in [0.1, 0.15) is 49.3 Å². The van der Waals surface area contributed by atoms with Gasteiger partial charge in [0.2, 0.25) is 0 Å². The van der Waals surface area contributed by atoms with Crippen LogP contribution in [0.2, 0.25) is 0 Å². The van der Waals surface area contributed by atoms with E-state index in [4.69, 9.17) is 0 Å². The molecule has 1 saturated heterocycles. The van der Waals surface area contributed by atoms with Crippen LogP contribution in [0.4, 0.5) is 5.69 Å². The predicted octanol–water partition coefficient (Wildman–Crippen LogP) is 5.39. The van der Waals surface area contributed by atoms with Gasteiger partial charge < -0.3 is 9.88 Å². The van der Waals surface area contributed by atoms with Crippen LogP contribution >= 0.6 is 11.8 Å². The molecule has 2 aromatic carbocycles. The topological polar surface area (TPSA) is 37.3 Å². The Bertz CT molecular complexity index is 1190. The molecule has 3 aromatic rings. The summed E-state index contributed by atoms with van der Waals surface area (Å²) in [4.78, 5) is 16.6. The van der Waals surface area contributed by atoms with Crippen LogP contribution in [-0.4, -0.2) is 34.4 Å². The molecule has 5 rings (SSSR count). The summed E-state index contributed by atoms with van der Waals surface area (Å²) in [5, 5.41) is 4.88. The first-order valence-electron chi connectivity index (χ1n) is 11.8. The number of pyridine rings is 1. The molecule has 168 valence electrons. The Morgan fingerprint density at radius 2 is 1.91 bits per heavy atom. The minimum atomic E-state index is 0.0456. The van der Waals surface area contributed by atoms with Gasteiger partial charge in [-0.1, -0.05) is 32.0 Å². The summed E-state index contributed by atoms with van der Waals surface area (Å²) in [5.74, 6) is 1.69. The summed E-state index contributed by atoms with van der Waals surface area (Å²) < 4.78 is 1.75. The maximum Gasteiger partial charge on any atom is 0.252 e. The summed E-state index contributed by atoms with van der Waals surface area (Å²) in [6.45, 7) is 7.63. The molecule has 4 nitrogen and oxygen atoms in total. The van der Waals surface area contributed by atoms with Crippen molar-refractivity contribution >= 4 is 28.4 Å². The lowest BCUT2D eigenvalue weighted by Gasteiger charge is -2.33. The lowest BCUT2D eigenvalue weighted by atomic mass is 9.99. The molecule has 2 aliphatic rings. The highest BCUT2D eigenvalue weighted by Gasteiger charge is 2.21. The first-order valence-corrected chi connectivity index (χ1v) is 12.8. The fourth-order valence-corrected chi connectivity index (χ4v) is 6.11. The molecule has 0 spiro atoms. The molecule has 0 saturated carbocycles. The minimum Gasteiger partial charge on any atom is -0.382 e. The van der Waals surface area contributed by atoms with Gasteiger partial charge in [-0.15, -0.1) is 11.8 Å². The molecule has 5 heteroatoms. The van der Waals surface area contributed by atoms with Gasteiger partial charge in [-0.05, 0) is 60.1 Å². The van der Waals surface area contributed by atoms with E-state index in [0.29, 0.717) is 12.0 Å². The number of nitrogens with one attached hydrogen (secondary N) is 1. The Kier molecular flexibility index (Phi) is 6.04. The number of hydrogen-bond acceptors (Lipinski definition) is 4. The van der Waals surface area contributed by atoms with E-state index in [1.807, 2.05) is 18.8 Å². The third-order valence-electron chi connectivity index (χ3n) is 7.05. The second kappa shape index (κ2) is 8.95. The largest absolute Gasteiger partial charge is 0.382 e. The number of nitrogens with zero attached hydrogens (tertiary/aromatic N) is 2. The van der Waals surface area contributed by atoms with E-state index in [-0.39, 0.29) is 5.56 Å². The molecule has 0 bridgehead atoms. The Labute approximate surface area is 195 Å². The van der Waals surface area contributed by atoms with Gasteiger partial charge in [-0.3, -0.25) is 9.69 Å². The average molecular weight is 448 g/mol. The van der Waals surface area contributed by atoms with Crippen molar-refractivity contribution in [3.63, 3.8) is 0 Å². The number of hydrogen-bond donors (Lipinski definition) is 1. The number of anilines is 1. The van der Waals surface area contributed by atoms with Gasteiger partial charge in [0.25, 0.3) is 5.56 Å². The number of rotatable bonds is 5. The van der Waals surface area contributed by atoms with E-state index in [1.165, 1.54) is 33.8 Å². The van der Waals surface area contributed by atoms with Gasteiger partial charge in [-0.25, -0.2) is 0 Å². The standard InChI is InChI=1S/C27H33N3OS/c1-18(2)21-6-7-25-23(15-21)24(16-27(31)29(25)3)28-22-8-11-30(12-9-22)17-19-4-5-20-10-13-32-26(20)14-19/h4-7,14-16,18,22,28H,8-13,17H2,1-3H3. The molecule has 1 fully saturated rings. The average Bonchev–Trinajstić information content (AvgIpc) is 3.26. The zero-order chi connectivity index (χ0) is 22.2. The first-order chi connectivity index (χ1) is 15.5. The number of fused-ring (bicyclic) bond motifs is 2. The quantitative estimate of drug-likeness (QED) is 0.569. The Hall–Kier alpha value is -2.24. The number of likely N-dealkylation sites (tertiary alicyclic amines) is 1. The number of piperidine rings is 1. The molecular weight excluding hydrogens is 414 g/mol. The molecule has 3 heterocycles. The maximum atomic E-state index is 12.6. The Morgan fingerprint density at radius 1 is 1.09 bits per heavy atom. The minimum absolute atomic E-state index is 0.0456. The van der Waals surface area contributed by atoms with Gasteiger partial charge >= 0.3 is 0 Å². The lowest BCUT2D eigenvalue weighted by Crippen LogP contribution is -2.38. The van der Waals surface area contributed by atoms with Crippen LogP contribution in [0.5, 0.6) is 0 Å². The van der Waals surface area contributed by atoms with Crippen LogP contribution < -0.4 is 10.9 Å². The van der Waals surface area contributed by atoms with Crippen molar-refractivity contribution in [2.75, 3.05) is 24.2 Å². The highest BCUT2D eigenvalue weighted by atomic mass is 32.2. The fraction of sp³-hybridized carbons (Fsp3) is 0.444. The number of aromatic nitrogens is 1. The Morgan fingerprint density at radius 3 is 2.69 bits per heavy atom. The second-order valence-electron chi connectivity index (χ2n) is 9.62. The monoisotopic (exact) mass is 447 g/mol. The van der Waals surface area contributed by atoms with Crippen molar-refractivity contribution in [3.8, 4) is 0 Å². The zero-order valence-corrected chi connectivity index (χ0v) is 20.2. The van der Waals surface area contributed by atoms with E-state index in [1.54, 1.807) is 10.6 Å². The van der Waals surface area contributed by atoms with Crippen molar-refractivity contribution in [1.82, 2.24) is 9.47 Å². The molecule has 0 unspecified atom stereocenters. The van der Waals surface area contributed by atoms with Crippen molar-refractivity contribution in [1.29, 1.82) is 0 Å². The fourth-order valence-electron chi connectivity index (χ4n) is 4.98. The van der Waals surface area contributed by atoms with Crippen molar-refractivity contribution in [3.05, 3.63) is 69.5 Å². The number of aryl methyl sites for hydroxylation is 2. The van der Waals surface area contributed by atoms with Crippen molar-refractivity contribution < 1.29 is 0 Å². The molecule has 0 atom stereocenters. The Balaban J connectivity index is 1.28. The highest BCUT2D eigenvalue weighted by Crippen LogP contribution is 2.32.